The van der Waals surface area contributed by atoms with Gasteiger partial charge >= 0.3 is 6.18 Å². The van der Waals surface area contributed by atoms with Crippen molar-refractivity contribution in [2.75, 3.05) is 26.2 Å². The van der Waals surface area contributed by atoms with Crippen molar-refractivity contribution < 1.29 is 27.9 Å². The van der Waals surface area contributed by atoms with Gasteiger partial charge in [-0.25, -0.2) is 0 Å². The minimum atomic E-state index is -4.48. The normalized spacial score (nSPS) is 21.5. The van der Waals surface area contributed by atoms with E-state index in [1.54, 1.807) is 22.1 Å². The topological polar surface area (TPSA) is 78.7 Å². The highest BCUT2D eigenvalue weighted by atomic mass is 19.4. The molecule has 1 aromatic heterocycles. The van der Waals surface area contributed by atoms with E-state index in [4.69, 9.17) is 5.11 Å². The van der Waals surface area contributed by atoms with E-state index < -0.39 is 24.4 Å². The van der Waals surface area contributed by atoms with Gasteiger partial charge in [-0.3, -0.25) is 14.3 Å². The van der Waals surface area contributed by atoms with Crippen LogP contribution in [0, 0.1) is 0 Å². The molecule has 2 amide bonds. The highest BCUT2D eigenvalue weighted by Crippen LogP contribution is 2.45. The van der Waals surface area contributed by atoms with E-state index >= 15 is 0 Å². The second-order valence-electron chi connectivity index (χ2n) is 9.67. The Kier molecular flexibility index (Phi) is 6.33. The van der Waals surface area contributed by atoms with Gasteiger partial charge in [0.15, 0.2) is 0 Å². The van der Waals surface area contributed by atoms with Crippen LogP contribution in [0.5, 0.6) is 0 Å². The van der Waals surface area contributed by atoms with E-state index in [0.29, 0.717) is 50.9 Å². The van der Waals surface area contributed by atoms with Crippen LogP contribution in [0.15, 0.2) is 30.5 Å². The van der Waals surface area contributed by atoms with Crippen LogP contribution < -0.4 is 0 Å². The number of nitrogens with zero attached hydrogens (tertiary/aromatic N) is 4. The maximum Gasteiger partial charge on any atom is 0.416 e. The molecule has 0 spiro atoms. The number of piperidine rings is 1. The van der Waals surface area contributed by atoms with Crippen molar-refractivity contribution in [1.82, 2.24) is 19.6 Å². The average molecular weight is 491 g/mol. The Morgan fingerprint density at radius 1 is 1.03 bits per heavy atom. The molecule has 1 unspecified atom stereocenters. The van der Waals surface area contributed by atoms with E-state index in [1.807, 2.05) is 4.68 Å². The lowest BCUT2D eigenvalue weighted by Gasteiger charge is -2.32. The Hall–Kier alpha value is -2.88. The third-order valence-corrected chi connectivity index (χ3v) is 7.47. The van der Waals surface area contributed by atoms with Gasteiger partial charge in [-0.05, 0) is 50.2 Å². The fourth-order valence-electron chi connectivity index (χ4n) is 5.58. The summed E-state index contributed by atoms with van der Waals surface area (Å²) in [6.07, 6.45) is 1.48. The Labute approximate surface area is 201 Å². The van der Waals surface area contributed by atoms with E-state index in [0.717, 1.165) is 24.6 Å². The highest BCUT2D eigenvalue weighted by Gasteiger charge is 2.41. The zero-order valence-corrected chi connectivity index (χ0v) is 19.4. The van der Waals surface area contributed by atoms with Crippen molar-refractivity contribution in [2.45, 2.75) is 62.7 Å². The van der Waals surface area contributed by atoms with E-state index in [-0.39, 0.29) is 29.3 Å². The van der Waals surface area contributed by atoms with Crippen molar-refractivity contribution in [2.24, 2.45) is 0 Å². The van der Waals surface area contributed by atoms with Crippen molar-refractivity contribution in [3.05, 3.63) is 52.8 Å². The quantitative estimate of drug-likeness (QED) is 0.690. The van der Waals surface area contributed by atoms with Gasteiger partial charge in [0, 0.05) is 25.6 Å². The minimum absolute atomic E-state index is 0.0372. The standard InChI is InChI=1S/C25H29F3N4O3/c26-25(27,28)20-5-2-1-4-18(20)21-6-3-11-31(21)24(35)19-14-29-32(23(19)16-7-8-16)17-9-12-30(13-10-17)22(34)15-33/h1-2,4-5,14,16-17,21,33H,3,6-13,15H2. The average Bonchev–Trinajstić information content (AvgIpc) is 3.40. The first kappa shape index (κ1) is 23.8. The first-order valence-corrected chi connectivity index (χ1v) is 12.2. The van der Waals surface area contributed by atoms with Crippen LogP contribution in [-0.4, -0.2) is 62.7 Å². The summed E-state index contributed by atoms with van der Waals surface area (Å²) in [7, 11) is 0. The van der Waals surface area contributed by atoms with Crippen molar-refractivity contribution in [1.29, 1.82) is 0 Å². The number of alkyl halides is 3. The van der Waals surface area contributed by atoms with Crippen molar-refractivity contribution in [3.63, 3.8) is 0 Å². The number of hydrogen-bond acceptors (Lipinski definition) is 4. The van der Waals surface area contributed by atoms with Crippen LogP contribution in [0.2, 0.25) is 0 Å². The maximum atomic E-state index is 13.7. The van der Waals surface area contributed by atoms with Gasteiger partial charge < -0.3 is 14.9 Å². The van der Waals surface area contributed by atoms with Crippen LogP contribution in [0.3, 0.4) is 0 Å². The largest absolute Gasteiger partial charge is 0.416 e. The predicted molar refractivity (Wildman–Crippen MR) is 121 cm³/mol. The molecular formula is C25H29F3N4O3. The molecule has 3 aliphatic rings. The van der Waals surface area contributed by atoms with Crippen LogP contribution in [0.4, 0.5) is 13.2 Å². The monoisotopic (exact) mass is 490 g/mol. The van der Waals surface area contributed by atoms with Crippen molar-refractivity contribution in [3.8, 4) is 0 Å². The zero-order chi connectivity index (χ0) is 24.7. The second kappa shape index (κ2) is 9.29. The summed E-state index contributed by atoms with van der Waals surface area (Å²) in [6.45, 7) is 0.930. The predicted octanol–water partition coefficient (Wildman–Crippen LogP) is 3.91. The van der Waals surface area contributed by atoms with Gasteiger partial charge in [0.2, 0.25) is 5.91 Å². The number of aliphatic hydroxyl groups is 1. The first-order chi connectivity index (χ1) is 16.8. The summed E-state index contributed by atoms with van der Waals surface area (Å²) < 4.78 is 43.0. The van der Waals surface area contributed by atoms with E-state index in [2.05, 4.69) is 5.10 Å². The third-order valence-electron chi connectivity index (χ3n) is 7.47. The SMILES string of the molecule is O=C(CO)N1CCC(n2ncc(C(=O)N3CCCC3c3ccccc3C(F)(F)F)c2C2CC2)CC1. The number of benzene rings is 1. The van der Waals surface area contributed by atoms with Gasteiger partial charge in [-0.2, -0.15) is 18.3 Å². The molecule has 2 aromatic rings. The van der Waals surface area contributed by atoms with Gasteiger partial charge in [0.25, 0.3) is 5.91 Å². The smallest absolute Gasteiger partial charge is 0.387 e. The van der Waals surface area contributed by atoms with Gasteiger partial charge in [0.1, 0.15) is 6.61 Å². The summed E-state index contributed by atoms with van der Waals surface area (Å²) in [5.74, 6) is -0.330. The molecule has 3 heterocycles. The molecule has 7 nitrogen and oxygen atoms in total. The fourth-order valence-corrected chi connectivity index (χ4v) is 5.58. The lowest BCUT2D eigenvalue weighted by molar-refractivity contribution is -0.138. The lowest BCUT2D eigenvalue weighted by Crippen LogP contribution is -2.40. The second-order valence-corrected chi connectivity index (χ2v) is 9.67. The molecule has 3 fully saturated rings. The summed E-state index contributed by atoms with van der Waals surface area (Å²) >= 11 is 0. The van der Waals surface area contributed by atoms with Gasteiger partial charge in [0.05, 0.1) is 35.1 Å². The molecule has 0 radical (unpaired) electrons. The van der Waals surface area contributed by atoms with E-state index in [1.165, 1.54) is 12.1 Å². The van der Waals surface area contributed by atoms with E-state index in [9.17, 15) is 22.8 Å². The number of carbonyl (C=O) groups excluding carboxylic acids is 2. The molecule has 1 aliphatic carbocycles. The highest BCUT2D eigenvalue weighted by molar-refractivity contribution is 5.96. The Morgan fingerprint density at radius 2 is 1.74 bits per heavy atom. The lowest BCUT2D eigenvalue weighted by atomic mass is 9.97. The fraction of sp³-hybridized carbons (Fsp3) is 0.560. The molecule has 10 heteroatoms. The maximum absolute atomic E-state index is 13.7. The molecule has 1 atom stereocenters. The van der Waals surface area contributed by atoms with Gasteiger partial charge in [-0.15, -0.1) is 0 Å². The number of halogens is 3. The Morgan fingerprint density at radius 3 is 2.40 bits per heavy atom. The molecule has 2 saturated heterocycles. The number of aliphatic hydroxyl groups excluding tert-OH is 1. The molecule has 1 aromatic carbocycles. The number of aromatic nitrogens is 2. The van der Waals surface area contributed by atoms with Crippen LogP contribution >= 0.6 is 0 Å². The molecule has 1 N–H and O–H groups in total. The number of hydrogen-bond donors (Lipinski definition) is 1. The molecule has 1 saturated carbocycles. The number of rotatable bonds is 5. The summed E-state index contributed by atoms with van der Waals surface area (Å²) in [5.41, 5.74) is 0.813. The summed E-state index contributed by atoms with van der Waals surface area (Å²) in [4.78, 5) is 28.8. The molecule has 2 aliphatic heterocycles. The molecule has 5 rings (SSSR count). The number of carbonyl (C=O) groups is 2. The minimum Gasteiger partial charge on any atom is -0.387 e. The molecular weight excluding hydrogens is 461 g/mol. The summed E-state index contributed by atoms with van der Waals surface area (Å²) in [6, 6.07) is 4.94. The zero-order valence-electron chi connectivity index (χ0n) is 19.4. The van der Waals surface area contributed by atoms with Crippen LogP contribution in [0.25, 0.3) is 0 Å². The number of amides is 2. The van der Waals surface area contributed by atoms with Gasteiger partial charge in [-0.1, -0.05) is 18.2 Å². The summed E-state index contributed by atoms with van der Waals surface area (Å²) in [5, 5.41) is 13.7. The molecule has 188 valence electrons. The third kappa shape index (κ3) is 4.55. The van der Waals surface area contributed by atoms with Crippen molar-refractivity contribution >= 4 is 11.8 Å². The molecule has 35 heavy (non-hydrogen) atoms. The van der Waals surface area contributed by atoms with Crippen LogP contribution in [0.1, 0.15) is 83.7 Å². The Bertz CT molecular complexity index is 1100. The Balaban J connectivity index is 1.41. The van der Waals surface area contributed by atoms with Crippen LogP contribution in [-0.2, 0) is 11.0 Å². The number of likely N-dealkylation sites (tertiary alicyclic amines) is 2. The first-order valence-electron chi connectivity index (χ1n) is 12.2. The molecule has 0 bridgehead atoms.